The van der Waals surface area contributed by atoms with Gasteiger partial charge in [-0.15, -0.1) is 5.10 Å². The fourth-order valence-electron chi connectivity index (χ4n) is 4.93. The molecule has 0 spiro atoms. The predicted octanol–water partition coefficient (Wildman–Crippen LogP) is 7.07. The number of hydrogen-bond donors (Lipinski definition) is 2. The van der Waals surface area contributed by atoms with Crippen molar-refractivity contribution in [2.24, 2.45) is 5.41 Å². The minimum absolute atomic E-state index is 0.0142. The van der Waals surface area contributed by atoms with Crippen LogP contribution in [0.1, 0.15) is 63.4 Å². The molecule has 2 N–H and O–H groups in total. The number of nitriles is 1. The van der Waals surface area contributed by atoms with E-state index in [-0.39, 0.29) is 17.0 Å². The monoisotopic (exact) mass is 550 g/mol. The van der Waals surface area contributed by atoms with Crippen LogP contribution in [0, 0.1) is 16.7 Å². The summed E-state index contributed by atoms with van der Waals surface area (Å²) in [7, 11) is 0. The van der Waals surface area contributed by atoms with Gasteiger partial charge in [0.15, 0.2) is 0 Å². The van der Waals surface area contributed by atoms with E-state index in [1.807, 2.05) is 41.3 Å². The molecule has 40 heavy (non-hydrogen) atoms. The second kappa shape index (κ2) is 9.76. The van der Waals surface area contributed by atoms with Gasteiger partial charge >= 0.3 is 0 Å². The van der Waals surface area contributed by atoms with Gasteiger partial charge in [0.1, 0.15) is 11.8 Å². The van der Waals surface area contributed by atoms with Gasteiger partial charge in [-0.3, -0.25) is 9.97 Å². The number of anilines is 2. The molecule has 0 bridgehead atoms. The lowest BCUT2D eigenvalue weighted by Crippen LogP contribution is -2.20. The fourth-order valence-corrected chi connectivity index (χ4v) is 5.20. The second-order valence-electron chi connectivity index (χ2n) is 12.0. The Balaban J connectivity index is 1.48. The molecule has 1 aliphatic carbocycles. The maximum atomic E-state index is 9.86. The number of nitrogens with zero attached hydrogens (tertiary/aromatic N) is 6. The van der Waals surface area contributed by atoms with Crippen molar-refractivity contribution in [3.63, 3.8) is 0 Å². The van der Waals surface area contributed by atoms with E-state index < -0.39 is 0 Å². The second-order valence-corrected chi connectivity index (χ2v) is 12.4. The van der Waals surface area contributed by atoms with Gasteiger partial charge in [-0.2, -0.15) is 5.26 Å². The topological polar surface area (TPSA) is 104 Å². The molecule has 0 saturated heterocycles. The third-order valence-corrected chi connectivity index (χ3v) is 7.80. The molecule has 2 aromatic carbocycles. The van der Waals surface area contributed by atoms with E-state index >= 15 is 0 Å². The molecule has 0 amide bonds. The minimum atomic E-state index is -0.311. The summed E-state index contributed by atoms with van der Waals surface area (Å²) in [6, 6.07) is 14.1. The Morgan fingerprint density at radius 3 is 2.73 bits per heavy atom. The molecule has 8 nitrogen and oxygen atoms in total. The summed E-state index contributed by atoms with van der Waals surface area (Å²) in [5.74, 6) is 0. The van der Waals surface area contributed by atoms with Crippen LogP contribution in [0.25, 0.3) is 21.7 Å². The third kappa shape index (κ3) is 4.93. The molecule has 3 aromatic heterocycles. The van der Waals surface area contributed by atoms with Gasteiger partial charge in [0.25, 0.3) is 0 Å². The molecule has 3 heterocycles. The van der Waals surface area contributed by atoms with E-state index in [9.17, 15) is 5.26 Å². The molecule has 202 valence electrons. The Bertz CT molecular complexity index is 1770. The van der Waals surface area contributed by atoms with Crippen LogP contribution in [-0.4, -0.2) is 31.5 Å². The third-order valence-electron chi connectivity index (χ3n) is 7.51. The molecular formula is C31H31ClN8. The summed E-state index contributed by atoms with van der Waals surface area (Å²) in [5, 5.41) is 29.6. The number of aromatic nitrogens is 5. The number of hydrogen-bond acceptors (Lipinski definition) is 7. The van der Waals surface area contributed by atoms with Crippen molar-refractivity contribution in [3.05, 3.63) is 83.0 Å². The summed E-state index contributed by atoms with van der Waals surface area (Å²) in [6.45, 7) is 9.33. The number of pyridine rings is 2. The molecule has 1 aliphatic rings. The van der Waals surface area contributed by atoms with Crippen molar-refractivity contribution in [1.82, 2.24) is 25.0 Å². The predicted molar refractivity (Wildman–Crippen MR) is 160 cm³/mol. The van der Waals surface area contributed by atoms with Crippen LogP contribution in [0.4, 0.5) is 11.4 Å². The van der Waals surface area contributed by atoms with E-state index in [1.54, 1.807) is 12.4 Å². The van der Waals surface area contributed by atoms with E-state index in [2.05, 4.69) is 76.8 Å². The number of fused-ring (bicyclic) bond motifs is 2. The highest BCUT2D eigenvalue weighted by atomic mass is 35.5. The Labute approximate surface area is 238 Å². The Hall–Kier alpha value is -4.22. The zero-order chi connectivity index (χ0) is 28.1. The fraction of sp³-hybridized carbons (Fsp3) is 0.323. The van der Waals surface area contributed by atoms with Crippen molar-refractivity contribution >= 4 is 44.7 Å². The first kappa shape index (κ1) is 26.0. The SMILES string of the molecule is CC(C)(C)CNc1c(C#N)cnc2c(Cl)cc(N[C@H](c3cn(C4(C)CC4)nn3)c3cccc4cnccc34)cc12. The normalized spacial score (nSPS) is 15.1. The van der Waals surface area contributed by atoms with Crippen molar-refractivity contribution in [2.75, 3.05) is 17.2 Å². The molecule has 9 heteroatoms. The van der Waals surface area contributed by atoms with Gasteiger partial charge < -0.3 is 10.6 Å². The van der Waals surface area contributed by atoms with Crippen LogP contribution < -0.4 is 10.6 Å². The molecule has 1 atom stereocenters. The summed E-state index contributed by atoms with van der Waals surface area (Å²) in [5.41, 5.74) is 4.54. The Morgan fingerprint density at radius 2 is 1.98 bits per heavy atom. The number of halogens is 1. The average molecular weight is 551 g/mol. The summed E-state index contributed by atoms with van der Waals surface area (Å²) >= 11 is 6.81. The lowest BCUT2D eigenvalue weighted by atomic mass is 9.96. The first-order chi connectivity index (χ1) is 19.1. The van der Waals surface area contributed by atoms with Gasteiger partial charge in [-0.05, 0) is 54.3 Å². The van der Waals surface area contributed by atoms with Crippen LogP contribution in [0.3, 0.4) is 0 Å². The van der Waals surface area contributed by atoms with E-state index in [0.29, 0.717) is 22.6 Å². The summed E-state index contributed by atoms with van der Waals surface area (Å²) in [4.78, 5) is 8.83. The van der Waals surface area contributed by atoms with Gasteiger partial charge in [-0.1, -0.05) is 55.8 Å². The van der Waals surface area contributed by atoms with Gasteiger partial charge in [0.2, 0.25) is 0 Å². The number of nitrogens with one attached hydrogen (secondary N) is 2. The Morgan fingerprint density at radius 1 is 1.15 bits per heavy atom. The lowest BCUT2D eigenvalue weighted by molar-refractivity contribution is 0.443. The highest BCUT2D eigenvalue weighted by Gasteiger charge is 2.41. The highest BCUT2D eigenvalue weighted by Crippen LogP contribution is 2.43. The van der Waals surface area contributed by atoms with E-state index in [1.165, 1.54) is 0 Å². The standard InChI is InChI=1S/C31H31ClN8/c1-30(2,3)18-36-27-20(14-33)16-35-28-24(27)12-21(13-25(28)32)37-29(26-17-40(39-38-26)31(4)9-10-31)23-7-5-6-19-15-34-11-8-22(19)23/h5-8,11-13,15-17,29,37H,9-10,18H2,1-4H3,(H,35,36)/t29-/m0/s1. The maximum absolute atomic E-state index is 9.86. The molecular weight excluding hydrogens is 520 g/mol. The van der Waals surface area contributed by atoms with Gasteiger partial charge in [-0.25, -0.2) is 4.68 Å². The molecule has 6 rings (SSSR count). The van der Waals surface area contributed by atoms with Gasteiger partial charge in [0.05, 0.1) is 39.6 Å². The first-order valence-electron chi connectivity index (χ1n) is 13.4. The Kier molecular flexibility index (Phi) is 6.35. The quantitative estimate of drug-likeness (QED) is 0.223. The average Bonchev–Trinajstić information content (AvgIpc) is 3.48. The van der Waals surface area contributed by atoms with Crippen LogP contribution in [0.2, 0.25) is 5.02 Å². The largest absolute Gasteiger partial charge is 0.383 e. The molecule has 1 fully saturated rings. The zero-order valence-corrected chi connectivity index (χ0v) is 23.8. The number of rotatable bonds is 7. The van der Waals surface area contributed by atoms with Crippen molar-refractivity contribution in [3.8, 4) is 6.07 Å². The van der Waals surface area contributed by atoms with Crippen LogP contribution >= 0.6 is 11.6 Å². The van der Waals surface area contributed by atoms with E-state index in [4.69, 9.17) is 11.6 Å². The zero-order valence-electron chi connectivity index (χ0n) is 23.0. The smallest absolute Gasteiger partial charge is 0.110 e. The van der Waals surface area contributed by atoms with Crippen LogP contribution in [-0.2, 0) is 5.54 Å². The molecule has 0 radical (unpaired) electrons. The molecule has 1 saturated carbocycles. The molecule has 0 unspecified atom stereocenters. The van der Waals surface area contributed by atoms with Crippen molar-refractivity contribution in [1.29, 1.82) is 5.26 Å². The molecule has 5 aromatic rings. The van der Waals surface area contributed by atoms with Crippen LogP contribution in [0.15, 0.2) is 61.2 Å². The van der Waals surface area contributed by atoms with Crippen molar-refractivity contribution < 1.29 is 0 Å². The van der Waals surface area contributed by atoms with E-state index in [0.717, 1.165) is 51.6 Å². The summed E-state index contributed by atoms with van der Waals surface area (Å²) < 4.78 is 1.98. The molecule has 0 aliphatic heterocycles. The summed E-state index contributed by atoms with van der Waals surface area (Å²) in [6.07, 6.45) is 9.47. The number of benzene rings is 2. The maximum Gasteiger partial charge on any atom is 0.110 e. The van der Waals surface area contributed by atoms with Crippen LogP contribution in [0.5, 0.6) is 0 Å². The van der Waals surface area contributed by atoms with Gasteiger partial charge in [0, 0.05) is 41.6 Å². The highest BCUT2D eigenvalue weighted by molar-refractivity contribution is 6.35. The lowest BCUT2D eigenvalue weighted by Gasteiger charge is -2.23. The minimum Gasteiger partial charge on any atom is -0.383 e. The first-order valence-corrected chi connectivity index (χ1v) is 13.8. The van der Waals surface area contributed by atoms with Crippen molar-refractivity contribution in [2.45, 2.75) is 52.1 Å².